The second-order valence-corrected chi connectivity index (χ2v) is 8.21. The molecule has 1 N–H and O–H groups in total. The third kappa shape index (κ3) is 5.75. The lowest BCUT2D eigenvalue weighted by Gasteiger charge is -2.11. The van der Waals surface area contributed by atoms with E-state index in [1.807, 2.05) is 45.0 Å². The van der Waals surface area contributed by atoms with Crippen LogP contribution < -0.4 is 14.2 Å². The van der Waals surface area contributed by atoms with Crippen LogP contribution in [-0.2, 0) is 16.4 Å². The summed E-state index contributed by atoms with van der Waals surface area (Å²) in [4.78, 5) is 0.253. The van der Waals surface area contributed by atoms with E-state index in [2.05, 4.69) is 4.72 Å². The Balaban J connectivity index is 1.90. The summed E-state index contributed by atoms with van der Waals surface area (Å²) < 4.78 is 38.3. The fourth-order valence-corrected chi connectivity index (χ4v) is 3.81. The Morgan fingerprint density at radius 2 is 1.88 bits per heavy atom. The molecule has 0 radical (unpaired) electrons. The van der Waals surface area contributed by atoms with Crippen molar-refractivity contribution in [2.45, 2.75) is 44.6 Å². The Bertz CT molecular complexity index is 831. The summed E-state index contributed by atoms with van der Waals surface area (Å²) in [6.45, 7) is 6.18. The van der Waals surface area contributed by atoms with Gasteiger partial charge in [0.15, 0.2) is 0 Å². The second kappa shape index (κ2) is 9.05. The largest absolute Gasteiger partial charge is 0.496 e. The maximum atomic E-state index is 12.4. The molecule has 0 atom stereocenters. The van der Waals surface area contributed by atoms with Gasteiger partial charge >= 0.3 is 0 Å². The zero-order chi connectivity index (χ0) is 19.2. The van der Waals surface area contributed by atoms with E-state index in [1.54, 1.807) is 25.3 Å². The zero-order valence-electron chi connectivity index (χ0n) is 15.8. The van der Waals surface area contributed by atoms with Gasteiger partial charge in [-0.3, -0.25) is 0 Å². The average molecular weight is 378 g/mol. The molecule has 5 nitrogen and oxygen atoms in total. The fraction of sp³-hybridized carbons (Fsp3) is 0.400. The molecular weight excluding hydrogens is 350 g/mol. The van der Waals surface area contributed by atoms with Crippen LogP contribution in [0.2, 0.25) is 0 Å². The van der Waals surface area contributed by atoms with Crippen molar-refractivity contribution in [1.82, 2.24) is 4.72 Å². The van der Waals surface area contributed by atoms with Gasteiger partial charge in [0, 0.05) is 6.54 Å². The number of hydrogen-bond donors (Lipinski definition) is 1. The Morgan fingerprint density at radius 3 is 2.54 bits per heavy atom. The second-order valence-electron chi connectivity index (χ2n) is 6.45. The van der Waals surface area contributed by atoms with Gasteiger partial charge in [-0.1, -0.05) is 12.1 Å². The standard InChI is InChI=1S/C20H27NO4S/c1-15(2)25-18-9-5-7-17(14-18)8-6-12-21-26(22,23)19-10-11-20(24-4)16(3)13-19/h5,7,9-11,13-15,21H,6,8,12H2,1-4H3. The fourth-order valence-electron chi connectivity index (χ4n) is 2.65. The Hall–Kier alpha value is -2.05. The maximum absolute atomic E-state index is 12.4. The van der Waals surface area contributed by atoms with Crippen molar-refractivity contribution < 1.29 is 17.9 Å². The van der Waals surface area contributed by atoms with Crippen LogP contribution in [0.4, 0.5) is 0 Å². The van der Waals surface area contributed by atoms with Crippen molar-refractivity contribution in [3.8, 4) is 11.5 Å². The molecule has 6 heteroatoms. The number of hydrogen-bond acceptors (Lipinski definition) is 4. The van der Waals surface area contributed by atoms with Crippen LogP contribution in [0.25, 0.3) is 0 Å². The molecule has 0 fully saturated rings. The van der Waals surface area contributed by atoms with Gasteiger partial charge < -0.3 is 9.47 Å². The predicted molar refractivity (Wildman–Crippen MR) is 103 cm³/mol. The Morgan fingerprint density at radius 1 is 1.12 bits per heavy atom. The highest BCUT2D eigenvalue weighted by molar-refractivity contribution is 7.89. The van der Waals surface area contributed by atoms with Gasteiger partial charge in [0.2, 0.25) is 10.0 Å². The van der Waals surface area contributed by atoms with E-state index in [0.717, 1.165) is 23.3 Å². The molecule has 0 aliphatic rings. The SMILES string of the molecule is COc1ccc(S(=O)(=O)NCCCc2cccc(OC(C)C)c2)cc1C. The third-order valence-electron chi connectivity index (χ3n) is 3.88. The topological polar surface area (TPSA) is 64.6 Å². The minimum Gasteiger partial charge on any atom is -0.496 e. The van der Waals surface area contributed by atoms with Gasteiger partial charge in [-0.2, -0.15) is 0 Å². The number of methoxy groups -OCH3 is 1. The van der Waals surface area contributed by atoms with Gasteiger partial charge in [-0.25, -0.2) is 13.1 Å². The first kappa shape index (κ1) is 20.3. The quantitative estimate of drug-likeness (QED) is 0.677. The van der Waals surface area contributed by atoms with Crippen molar-refractivity contribution in [3.63, 3.8) is 0 Å². The van der Waals surface area contributed by atoms with Crippen LogP contribution in [0.15, 0.2) is 47.4 Å². The highest BCUT2D eigenvalue weighted by Gasteiger charge is 2.14. The van der Waals surface area contributed by atoms with Crippen LogP contribution in [0.3, 0.4) is 0 Å². The van der Waals surface area contributed by atoms with Crippen molar-refractivity contribution >= 4 is 10.0 Å². The highest BCUT2D eigenvalue weighted by atomic mass is 32.2. The number of benzene rings is 2. The first-order valence-corrected chi connectivity index (χ1v) is 10.2. The molecule has 0 saturated heterocycles. The lowest BCUT2D eigenvalue weighted by atomic mass is 10.1. The summed E-state index contributed by atoms with van der Waals surface area (Å²) in [5.74, 6) is 1.51. The van der Waals surface area contributed by atoms with Crippen LogP contribution in [0.5, 0.6) is 11.5 Å². The van der Waals surface area contributed by atoms with E-state index in [-0.39, 0.29) is 11.0 Å². The summed E-state index contributed by atoms with van der Waals surface area (Å²) >= 11 is 0. The van der Waals surface area contributed by atoms with Gasteiger partial charge in [0.1, 0.15) is 11.5 Å². The summed E-state index contributed by atoms with van der Waals surface area (Å²) in [7, 11) is -1.95. The van der Waals surface area contributed by atoms with Gasteiger partial charge in [-0.05, 0) is 75.1 Å². The molecule has 0 heterocycles. The lowest BCUT2D eigenvalue weighted by molar-refractivity contribution is 0.242. The van der Waals surface area contributed by atoms with E-state index in [0.29, 0.717) is 18.7 Å². The normalized spacial score (nSPS) is 11.6. The molecule has 0 amide bonds. The number of rotatable bonds is 9. The van der Waals surface area contributed by atoms with E-state index < -0.39 is 10.0 Å². The number of sulfonamides is 1. The predicted octanol–water partition coefficient (Wildman–Crippen LogP) is 3.70. The highest BCUT2D eigenvalue weighted by Crippen LogP contribution is 2.21. The van der Waals surface area contributed by atoms with Gasteiger partial charge in [0.05, 0.1) is 18.1 Å². The minimum absolute atomic E-state index is 0.130. The van der Waals surface area contributed by atoms with Crippen molar-refractivity contribution in [2.24, 2.45) is 0 Å². The van der Waals surface area contributed by atoms with Gasteiger partial charge in [-0.15, -0.1) is 0 Å². The smallest absolute Gasteiger partial charge is 0.240 e. The van der Waals surface area contributed by atoms with E-state index in [4.69, 9.17) is 9.47 Å². The average Bonchev–Trinajstić information content (AvgIpc) is 2.58. The van der Waals surface area contributed by atoms with Crippen LogP contribution in [0.1, 0.15) is 31.4 Å². The zero-order valence-corrected chi connectivity index (χ0v) is 16.6. The van der Waals surface area contributed by atoms with E-state index >= 15 is 0 Å². The number of nitrogens with one attached hydrogen (secondary N) is 1. The minimum atomic E-state index is -3.52. The first-order chi connectivity index (χ1) is 12.3. The molecule has 0 bridgehead atoms. The first-order valence-electron chi connectivity index (χ1n) is 8.71. The van der Waals surface area contributed by atoms with E-state index in [9.17, 15) is 8.42 Å². The van der Waals surface area contributed by atoms with Gasteiger partial charge in [0.25, 0.3) is 0 Å². The summed E-state index contributed by atoms with van der Waals surface area (Å²) in [5.41, 5.74) is 1.92. The molecule has 26 heavy (non-hydrogen) atoms. The maximum Gasteiger partial charge on any atom is 0.240 e. The summed E-state index contributed by atoms with van der Waals surface area (Å²) in [5, 5.41) is 0. The van der Waals surface area contributed by atoms with Crippen molar-refractivity contribution in [1.29, 1.82) is 0 Å². The van der Waals surface area contributed by atoms with Crippen molar-refractivity contribution in [3.05, 3.63) is 53.6 Å². The molecule has 2 aromatic carbocycles. The Kier molecular flexibility index (Phi) is 7.06. The third-order valence-corrected chi connectivity index (χ3v) is 5.34. The van der Waals surface area contributed by atoms with Crippen molar-refractivity contribution in [2.75, 3.05) is 13.7 Å². The molecule has 0 spiro atoms. The number of ether oxygens (including phenoxy) is 2. The molecule has 0 unspecified atom stereocenters. The molecule has 0 saturated carbocycles. The molecule has 0 aliphatic heterocycles. The molecule has 0 aliphatic carbocycles. The Labute approximate surface area is 156 Å². The van der Waals surface area contributed by atoms with E-state index in [1.165, 1.54) is 0 Å². The molecule has 2 aromatic rings. The van der Waals surface area contributed by atoms with Crippen LogP contribution >= 0.6 is 0 Å². The summed E-state index contributed by atoms with van der Waals surface area (Å²) in [6.07, 6.45) is 1.61. The molecule has 0 aromatic heterocycles. The molecule has 142 valence electrons. The monoisotopic (exact) mass is 377 g/mol. The molecular formula is C20H27NO4S. The number of aryl methyl sites for hydroxylation is 2. The molecule has 2 rings (SSSR count). The van der Waals surface area contributed by atoms with Crippen LogP contribution in [0, 0.1) is 6.92 Å². The lowest BCUT2D eigenvalue weighted by Crippen LogP contribution is -2.25. The summed E-state index contributed by atoms with van der Waals surface area (Å²) in [6, 6.07) is 12.8. The van der Waals surface area contributed by atoms with Crippen LogP contribution in [-0.4, -0.2) is 28.2 Å².